The first kappa shape index (κ1) is 9.00. The molecule has 2 nitrogen and oxygen atoms in total. The van der Waals surface area contributed by atoms with Gasteiger partial charge in [0.15, 0.2) is 6.39 Å². The van der Waals surface area contributed by atoms with Crippen LogP contribution in [-0.4, -0.2) is 4.98 Å². The van der Waals surface area contributed by atoms with Crippen molar-refractivity contribution in [2.75, 3.05) is 0 Å². The topological polar surface area (TPSA) is 26.0 Å². The first-order valence-corrected chi connectivity index (χ1v) is 4.65. The largest absolute Gasteiger partial charge is 0.451 e. The van der Waals surface area contributed by atoms with Crippen molar-refractivity contribution in [1.29, 1.82) is 0 Å². The molecular formula is C12H13NO. The molecule has 0 unspecified atom stereocenters. The molecule has 2 aromatic rings. The molecule has 2 heteroatoms. The lowest BCUT2D eigenvalue weighted by molar-refractivity contribution is 0.547. The minimum absolute atomic E-state index is 0.0890. The van der Waals surface area contributed by atoms with Gasteiger partial charge in [0.05, 0.1) is 5.69 Å². The summed E-state index contributed by atoms with van der Waals surface area (Å²) in [5.74, 6) is 0. The van der Waals surface area contributed by atoms with Crippen LogP contribution in [0, 0.1) is 0 Å². The maximum Gasteiger partial charge on any atom is 0.180 e. The van der Waals surface area contributed by atoms with E-state index in [9.17, 15) is 0 Å². The Morgan fingerprint density at radius 2 is 1.86 bits per heavy atom. The summed E-state index contributed by atoms with van der Waals surface area (Å²) in [4.78, 5) is 4.20. The molecule has 14 heavy (non-hydrogen) atoms. The molecule has 0 atom stereocenters. The SMILES string of the molecule is CC(C)(c1ccccc1)c1cocn1. The van der Waals surface area contributed by atoms with E-state index in [1.165, 1.54) is 12.0 Å². The predicted octanol–water partition coefficient (Wildman–Crippen LogP) is 3.00. The van der Waals surface area contributed by atoms with Crippen molar-refractivity contribution >= 4 is 0 Å². The van der Waals surface area contributed by atoms with E-state index in [1.807, 2.05) is 18.2 Å². The second-order valence-corrected chi connectivity index (χ2v) is 3.86. The third-order valence-electron chi connectivity index (χ3n) is 2.57. The molecule has 1 aromatic heterocycles. The quantitative estimate of drug-likeness (QED) is 0.722. The molecule has 0 aliphatic carbocycles. The Labute approximate surface area is 83.6 Å². The predicted molar refractivity (Wildman–Crippen MR) is 55.1 cm³/mol. The van der Waals surface area contributed by atoms with Crippen LogP contribution in [0.5, 0.6) is 0 Å². The average Bonchev–Trinajstić information content (AvgIpc) is 2.72. The van der Waals surface area contributed by atoms with Crippen LogP contribution in [0.4, 0.5) is 0 Å². The van der Waals surface area contributed by atoms with Crippen LogP contribution in [-0.2, 0) is 5.41 Å². The van der Waals surface area contributed by atoms with Gasteiger partial charge in [-0.15, -0.1) is 0 Å². The van der Waals surface area contributed by atoms with E-state index in [0.717, 1.165) is 5.69 Å². The van der Waals surface area contributed by atoms with Crippen molar-refractivity contribution in [3.63, 3.8) is 0 Å². The summed E-state index contributed by atoms with van der Waals surface area (Å²) in [6.45, 7) is 4.28. The van der Waals surface area contributed by atoms with Gasteiger partial charge in [-0.2, -0.15) is 0 Å². The Morgan fingerprint density at radius 3 is 2.43 bits per heavy atom. The fourth-order valence-corrected chi connectivity index (χ4v) is 1.52. The molecule has 0 bridgehead atoms. The van der Waals surface area contributed by atoms with Crippen LogP contribution in [0.3, 0.4) is 0 Å². The summed E-state index contributed by atoms with van der Waals surface area (Å²) in [5.41, 5.74) is 2.12. The van der Waals surface area contributed by atoms with Crippen molar-refractivity contribution in [1.82, 2.24) is 4.98 Å². The summed E-state index contributed by atoms with van der Waals surface area (Å²) in [6.07, 6.45) is 3.17. The number of hydrogen-bond acceptors (Lipinski definition) is 2. The van der Waals surface area contributed by atoms with Gasteiger partial charge in [0.2, 0.25) is 0 Å². The van der Waals surface area contributed by atoms with Crippen molar-refractivity contribution in [2.24, 2.45) is 0 Å². The number of rotatable bonds is 2. The number of benzene rings is 1. The standard InChI is InChI=1S/C12H13NO/c1-12(2,11-8-14-9-13-11)10-6-4-3-5-7-10/h3-9H,1-2H3. The van der Waals surface area contributed by atoms with Gasteiger partial charge in [0.25, 0.3) is 0 Å². The molecule has 0 radical (unpaired) electrons. The van der Waals surface area contributed by atoms with E-state index >= 15 is 0 Å². The van der Waals surface area contributed by atoms with Crippen LogP contribution >= 0.6 is 0 Å². The molecule has 0 spiro atoms. The van der Waals surface area contributed by atoms with Crippen LogP contribution in [0.15, 0.2) is 47.4 Å². The highest BCUT2D eigenvalue weighted by Gasteiger charge is 2.25. The Hall–Kier alpha value is -1.57. The van der Waals surface area contributed by atoms with E-state index < -0.39 is 0 Å². The minimum atomic E-state index is -0.0890. The molecule has 0 fully saturated rings. The Kier molecular flexibility index (Phi) is 2.12. The van der Waals surface area contributed by atoms with Crippen LogP contribution in [0.1, 0.15) is 25.1 Å². The molecule has 72 valence electrons. The monoisotopic (exact) mass is 187 g/mol. The van der Waals surface area contributed by atoms with Crippen molar-refractivity contribution in [3.8, 4) is 0 Å². The number of hydrogen-bond donors (Lipinski definition) is 0. The van der Waals surface area contributed by atoms with Crippen molar-refractivity contribution in [3.05, 3.63) is 54.2 Å². The van der Waals surface area contributed by atoms with Crippen LogP contribution in [0.25, 0.3) is 0 Å². The molecule has 0 saturated heterocycles. The Morgan fingerprint density at radius 1 is 1.14 bits per heavy atom. The maximum absolute atomic E-state index is 5.01. The lowest BCUT2D eigenvalue weighted by Gasteiger charge is -2.22. The fourth-order valence-electron chi connectivity index (χ4n) is 1.52. The molecule has 0 amide bonds. The number of aromatic nitrogens is 1. The van der Waals surface area contributed by atoms with Gasteiger partial charge in [0, 0.05) is 5.41 Å². The molecule has 0 aliphatic heterocycles. The van der Waals surface area contributed by atoms with Gasteiger partial charge < -0.3 is 4.42 Å². The average molecular weight is 187 g/mol. The van der Waals surface area contributed by atoms with E-state index in [2.05, 4.69) is 31.0 Å². The lowest BCUT2D eigenvalue weighted by Crippen LogP contribution is -2.18. The lowest BCUT2D eigenvalue weighted by atomic mass is 9.82. The van der Waals surface area contributed by atoms with Gasteiger partial charge in [-0.05, 0) is 5.56 Å². The Balaban J connectivity index is 2.43. The number of nitrogens with zero attached hydrogens (tertiary/aromatic N) is 1. The zero-order chi connectivity index (χ0) is 10.0. The van der Waals surface area contributed by atoms with Crippen LogP contribution < -0.4 is 0 Å². The normalized spacial score (nSPS) is 11.6. The van der Waals surface area contributed by atoms with Gasteiger partial charge in [0.1, 0.15) is 6.26 Å². The third kappa shape index (κ3) is 1.43. The second kappa shape index (κ2) is 3.29. The molecule has 0 N–H and O–H groups in total. The molecule has 0 aliphatic rings. The summed E-state index contributed by atoms with van der Waals surface area (Å²) < 4.78 is 5.01. The summed E-state index contributed by atoms with van der Waals surface area (Å²) in [5, 5.41) is 0. The van der Waals surface area contributed by atoms with Crippen molar-refractivity contribution < 1.29 is 4.42 Å². The molecule has 2 rings (SSSR count). The van der Waals surface area contributed by atoms with Gasteiger partial charge >= 0.3 is 0 Å². The molecular weight excluding hydrogens is 174 g/mol. The molecule has 1 aromatic carbocycles. The van der Waals surface area contributed by atoms with Gasteiger partial charge in [-0.3, -0.25) is 0 Å². The summed E-state index contributed by atoms with van der Waals surface area (Å²) >= 11 is 0. The van der Waals surface area contributed by atoms with E-state index in [4.69, 9.17) is 4.42 Å². The highest BCUT2D eigenvalue weighted by atomic mass is 16.3. The highest BCUT2D eigenvalue weighted by Crippen LogP contribution is 2.29. The van der Waals surface area contributed by atoms with Gasteiger partial charge in [-0.25, -0.2) is 4.98 Å². The zero-order valence-electron chi connectivity index (χ0n) is 8.40. The van der Waals surface area contributed by atoms with E-state index in [1.54, 1.807) is 6.26 Å². The Bertz CT molecular complexity index is 390. The molecule has 1 heterocycles. The minimum Gasteiger partial charge on any atom is -0.451 e. The zero-order valence-corrected chi connectivity index (χ0v) is 8.40. The first-order valence-electron chi connectivity index (χ1n) is 4.65. The number of oxazole rings is 1. The highest BCUT2D eigenvalue weighted by molar-refractivity contribution is 5.31. The fraction of sp³-hybridized carbons (Fsp3) is 0.250. The van der Waals surface area contributed by atoms with E-state index in [0.29, 0.717) is 0 Å². The summed E-state index contributed by atoms with van der Waals surface area (Å²) in [7, 11) is 0. The van der Waals surface area contributed by atoms with Gasteiger partial charge in [-0.1, -0.05) is 44.2 Å². The smallest absolute Gasteiger partial charge is 0.180 e. The summed E-state index contributed by atoms with van der Waals surface area (Å²) in [6, 6.07) is 10.3. The maximum atomic E-state index is 5.01. The second-order valence-electron chi connectivity index (χ2n) is 3.86. The van der Waals surface area contributed by atoms with Crippen molar-refractivity contribution in [2.45, 2.75) is 19.3 Å². The first-order chi connectivity index (χ1) is 6.71. The molecule has 0 saturated carbocycles. The third-order valence-corrected chi connectivity index (χ3v) is 2.57. The van der Waals surface area contributed by atoms with Crippen LogP contribution in [0.2, 0.25) is 0 Å². The van der Waals surface area contributed by atoms with E-state index in [-0.39, 0.29) is 5.41 Å².